The Morgan fingerprint density at radius 1 is 1.42 bits per heavy atom. The average molecular weight is 175 g/mol. The molecule has 1 N–H and O–H groups in total. The number of rotatable bonds is 7. The Morgan fingerprint density at radius 2 is 2.00 bits per heavy atom. The van der Waals surface area contributed by atoms with Crippen molar-refractivity contribution in [3.05, 3.63) is 0 Å². The summed E-state index contributed by atoms with van der Waals surface area (Å²) in [7, 11) is 3.17. The summed E-state index contributed by atoms with van der Waals surface area (Å²) in [5.41, 5.74) is 0. The molecule has 0 heterocycles. The number of carbonyl (C=O) groups is 1. The van der Waals surface area contributed by atoms with E-state index < -0.39 is 0 Å². The molecule has 12 heavy (non-hydrogen) atoms. The molecule has 0 aliphatic carbocycles. The van der Waals surface area contributed by atoms with Crippen molar-refractivity contribution in [3.63, 3.8) is 0 Å². The number of Topliss-reactive ketones (excluding diaryl/α,β-unsaturated/α-hetero) is 1. The topological polar surface area (TPSA) is 47.6 Å². The zero-order valence-corrected chi connectivity index (χ0v) is 7.92. The van der Waals surface area contributed by atoms with E-state index in [9.17, 15) is 4.79 Å². The summed E-state index contributed by atoms with van der Waals surface area (Å²) in [6, 6.07) is 0. The number of carbonyl (C=O) groups excluding carboxylic acids is 1. The van der Waals surface area contributed by atoms with Gasteiger partial charge in [0.1, 0.15) is 5.78 Å². The van der Waals surface area contributed by atoms with Gasteiger partial charge in [-0.2, -0.15) is 0 Å². The van der Waals surface area contributed by atoms with Crippen LogP contribution in [0.5, 0.6) is 0 Å². The van der Waals surface area contributed by atoms with Crippen molar-refractivity contribution in [1.82, 2.24) is 5.32 Å². The second-order valence-electron chi connectivity index (χ2n) is 2.56. The Bertz CT molecular complexity index is 123. The molecule has 0 unspecified atom stereocenters. The van der Waals surface area contributed by atoms with Gasteiger partial charge in [0.2, 0.25) is 0 Å². The molecular formula is C8H17NO3. The lowest BCUT2D eigenvalue weighted by Crippen LogP contribution is -2.30. The molecule has 72 valence electrons. The molecule has 0 rings (SSSR count). The maximum atomic E-state index is 10.5. The summed E-state index contributed by atoms with van der Waals surface area (Å²) in [4.78, 5) is 10.5. The number of hydrogen-bond donors (Lipinski definition) is 1. The highest BCUT2D eigenvalue weighted by Crippen LogP contribution is 1.87. The SMILES string of the molecule is COC(CNCCC(C)=O)OC. The van der Waals surface area contributed by atoms with Crippen LogP contribution in [0.4, 0.5) is 0 Å². The highest BCUT2D eigenvalue weighted by molar-refractivity contribution is 5.75. The van der Waals surface area contributed by atoms with Crippen LogP contribution in [-0.2, 0) is 14.3 Å². The number of ketones is 1. The molecule has 0 fully saturated rings. The fourth-order valence-electron chi connectivity index (χ4n) is 0.747. The van der Waals surface area contributed by atoms with Gasteiger partial charge in [-0.25, -0.2) is 0 Å². The van der Waals surface area contributed by atoms with Gasteiger partial charge in [-0.15, -0.1) is 0 Å². The molecule has 4 heteroatoms. The first-order valence-corrected chi connectivity index (χ1v) is 3.96. The summed E-state index contributed by atoms with van der Waals surface area (Å²) in [5.74, 6) is 0.189. The first-order valence-electron chi connectivity index (χ1n) is 3.96. The average Bonchev–Trinajstić information content (AvgIpc) is 2.04. The van der Waals surface area contributed by atoms with Crippen LogP contribution in [0.25, 0.3) is 0 Å². The number of ether oxygens (including phenoxy) is 2. The molecule has 0 saturated carbocycles. The quantitative estimate of drug-likeness (QED) is 0.443. The molecule has 0 amide bonds. The Hall–Kier alpha value is -0.450. The summed E-state index contributed by atoms with van der Waals surface area (Å²) in [6.45, 7) is 2.87. The van der Waals surface area contributed by atoms with E-state index >= 15 is 0 Å². The third-order valence-electron chi connectivity index (χ3n) is 1.49. The van der Waals surface area contributed by atoms with Crippen molar-refractivity contribution in [2.75, 3.05) is 27.3 Å². The summed E-state index contributed by atoms with van der Waals surface area (Å²) in [6.07, 6.45) is 0.331. The van der Waals surface area contributed by atoms with Gasteiger partial charge in [0.05, 0.1) is 0 Å². The second-order valence-corrected chi connectivity index (χ2v) is 2.56. The second kappa shape index (κ2) is 7.21. The first-order chi connectivity index (χ1) is 5.70. The van der Waals surface area contributed by atoms with Crippen LogP contribution in [0, 0.1) is 0 Å². The molecule has 0 radical (unpaired) electrons. The van der Waals surface area contributed by atoms with Crippen molar-refractivity contribution in [2.45, 2.75) is 19.6 Å². The number of hydrogen-bond acceptors (Lipinski definition) is 4. The molecule has 0 saturated heterocycles. The molecule has 0 bridgehead atoms. The molecular weight excluding hydrogens is 158 g/mol. The lowest BCUT2D eigenvalue weighted by molar-refractivity contribution is -0.117. The number of nitrogens with one attached hydrogen (secondary N) is 1. The number of methoxy groups -OCH3 is 2. The smallest absolute Gasteiger partial charge is 0.169 e. The lowest BCUT2D eigenvalue weighted by atomic mass is 10.3. The van der Waals surface area contributed by atoms with E-state index in [-0.39, 0.29) is 12.1 Å². The van der Waals surface area contributed by atoms with Gasteiger partial charge in [-0.05, 0) is 6.92 Å². The molecule has 0 aromatic rings. The Kier molecular flexibility index (Phi) is 6.94. The van der Waals surface area contributed by atoms with Crippen molar-refractivity contribution in [1.29, 1.82) is 0 Å². The zero-order chi connectivity index (χ0) is 9.40. The Labute approximate surface area is 73.2 Å². The van der Waals surface area contributed by atoms with Gasteiger partial charge in [0, 0.05) is 33.7 Å². The fourth-order valence-corrected chi connectivity index (χ4v) is 0.747. The van der Waals surface area contributed by atoms with Gasteiger partial charge in [-0.1, -0.05) is 0 Å². The third-order valence-corrected chi connectivity index (χ3v) is 1.49. The lowest BCUT2D eigenvalue weighted by Gasteiger charge is -2.13. The monoisotopic (exact) mass is 175 g/mol. The summed E-state index contributed by atoms with van der Waals surface area (Å²) < 4.78 is 9.87. The van der Waals surface area contributed by atoms with Gasteiger partial charge in [-0.3, -0.25) is 4.79 Å². The molecule has 0 spiro atoms. The Morgan fingerprint density at radius 3 is 2.42 bits per heavy atom. The van der Waals surface area contributed by atoms with Crippen LogP contribution in [0.1, 0.15) is 13.3 Å². The molecule has 0 aromatic carbocycles. The minimum atomic E-state index is -0.225. The van der Waals surface area contributed by atoms with Crippen molar-refractivity contribution in [3.8, 4) is 0 Å². The highest BCUT2D eigenvalue weighted by Gasteiger charge is 2.02. The standard InChI is InChI=1S/C8H17NO3/c1-7(10)4-5-9-6-8(11-2)12-3/h8-9H,4-6H2,1-3H3. The van der Waals surface area contributed by atoms with E-state index in [2.05, 4.69) is 5.32 Å². The predicted octanol–water partition coefficient (Wildman–Crippen LogP) is 0.174. The van der Waals surface area contributed by atoms with E-state index in [1.165, 1.54) is 0 Å². The van der Waals surface area contributed by atoms with Crippen LogP contribution >= 0.6 is 0 Å². The van der Waals surface area contributed by atoms with Crippen molar-refractivity contribution >= 4 is 5.78 Å². The minimum absolute atomic E-state index is 0.189. The largest absolute Gasteiger partial charge is 0.355 e. The van der Waals surface area contributed by atoms with E-state index in [0.717, 1.165) is 0 Å². The van der Waals surface area contributed by atoms with Crippen LogP contribution in [0.3, 0.4) is 0 Å². The van der Waals surface area contributed by atoms with Crippen LogP contribution < -0.4 is 5.32 Å². The van der Waals surface area contributed by atoms with Gasteiger partial charge < -0.3 is 14.8 Å². The molecule has 0 aliphatic heterocycles. The predicted molar refractivity (Wildman–Crippen MR) is 46.0 cm³/mol. The third kappa shape index (κ3) is 6.27. The van der Waals surface area contributed by atoms with E-state index in [1.807, 2.05) is 0 Å². The fraction of sp³-hybridized carbons (Fsp3) is 0.875. The summed E-state index contributed by atoms with van der Waals surface area (Å²) in [5, 5.41) is 3.05. The van der Waals surface area contributed by atoms with Gasteiger partial charge in [0.25, 0.3) is 0 Å². The Balaban J connectivity index is 3.23. The molecule has 0 atom stereocenters. The summed E-state index contributed by atoms with van der Waals surface area (Å²) >= 11 is 0. The van der Waals surface area contributed by atoms with Crippen LogP contribution in [0.2, 0.25) is 0 Å². The van der Waals surface area contributed by atoms with Crippen molar-refractivity contribution < 1.29 is 14.3 Å². The molecule has 0 aromatic heterocycles. The van der Waals surface area contributed by atoms with E-state index in [1.54, 1.807) is 21.1 Å². The van der Waals surface area contributed by atoms with Gasteiger partial charge in [0.15, 0.2) is 6.29 Å². The van der Waals surface area contributed by atoms with Crippen molar-refractivity contribution in [2.24, 2.45) is 0 Å². The van der Waals surface area contributed by atoms with Crippen LogP contribution in [-0.4, -0.2) is 39.4 Å². The first kappa shape index (κ1) is 11.6. The van der Waals surface area contributed by atoms with Gasteiger partial charge >= 0.3 is 0 Å². The zero-order valence-electron chi connectivity index (χ0n) is 7.92. The highest BCUT2D eigenvalue weighted by atomic mass is 16.7. The normalized spacial score (nSPS) is 10.7. The van der Waals surface area contributed by atoms with Crippen LogP contribution in [0.15, 0.2) is 0 Å². The maximum Gasteiger partial charge on any atom is 0.169 e. The molecule has 4 nitrogen and oxygen atoms in total. The maximum absolute atomic E-state index is 10.5. The minimum Gasteiger partial charge on any atom is -0.355 e. The van der Waals surface area contributed by atoms with E-state index in [4.69, 9.17) is 9.47 Å². The molecule has 0 aliphatic rings. The van der Waals surface area contributed by atoms with E-state index in [0.29, 0.717) is 19.5 Å².